The van der Waals surface area contributed by atoms with Crippen LogP contribution in [-0.4, -0.2) is 9.97 Å². The molecule has 0 amide bonds. The van der Waals surface area contributed by atoms with Gasteiger partial charge >= 0.3 is 0 Å². The third kappa shape index (κ3) is 3.25. The second kappa shape index (κ2) is 5.47. The van der Waals surface area contributed by atoms with Gasteiger partial charge in [-0.1, -0.05) is 29.8 Å². The molecule has 1 heterocycles. The van der Waals surface area contributed by atoms with Crippen molar-refractivity contribution in [3.05, 3.63) is 51.3 Å². The van der Waals surface area contributed by atoms with Crippen LogP contribution in [0.15, 0.2) is 34.9 Å². The molecule has 0 radical (unpaired) electrons. The number of hydrogen-bond acceptors (Lipinski definition) is 3. The van der Waals surface area contributed by atoms with Gasteiger partial charge in [0.15, 0.2) is 0 Å². The summed E-state index contributed by atoms with van der Waals surface area (Å²) in [7, 11) is 0. The fourth-order valence-electron chi connectivity index (χ4n) is 1.78. The van der Waals surface area contributed by atoms with Crippen LogP contribution in [0.5, 0.6) is 5.88 Å². The van der Waals surface area contributed by atoms with Crippen molar-refractivity contribution in [3.8, 4) is 5.88 Å². The number of ether oxygens (including phenoxy) is 1. The first-order valence-electron chi connectivity index (χ1n) is 6.13. The van der Waals surface area contributed by atoms with E-state index in [9.17, 15) is 0 Å². The normalized spacial score (nSPS) is 14.4. The molecule has 1 aliphatic carbocycles. The molecule has 0 bridgehead atoms. The quantitative estimate of drug-likeness (QED) is 0.777. The van der Waals surface area contributed by atoms with Gasteiger partial charge in [-0.2, -0.15) is 4.98 Å². The number of benzene rings is 1. The van der Waals surface area contributed by atoms with Crippen LogP contribution >= 0.6 is 27.5 Å². The van der Waals surface area contributed by atoms with Crippen LogP contribution in [0.4, 0.5) is 0 Å². The molecule has 5 heteroatoms. The summed E-state index contributed by atoms with van der Waals surface area (Å²) in [5.41, 5.74) is 0.951. The summed E-state index contributed by atoms with van der Waals surface area (Å²) in [6, 6.07) is 9.42. The van der Waals surface area contributed by atoms with E-state index in [2.05, 4.69) is 25.9 Å². The van der Waals surface area contributed by atoms with E-state index < -0.39 is 0 Å². The van der Waals surface area contributed by atoms with Gasteiger partial charge in [-0.05, 0) is 34.8 Å². The Bertz CT molecular complexity index is 602. The number of hydrogen-bond donors (Lipinski definition) is 0. The molecular formula is C14H12BrClN2O. The Kier molecular flexibility index (Phi) is 3.71. The van der Waals surface area contributed by atoms with Crippen molar-refractivity contribution in [2.24, 2.45) is 0 Å². The minimum atomic E-state index is 0.410. The molecule has 0 saturated heterocycles. The van der Waals surface area contributed by atoms with E-state index in [1.54, 1.807) is 6.07 Å². The molecule has 98 valence electrons. The van der Waals surface area contributed by atoms with E-state index in [1.807, 2.05) is 24.3 Å². The Morgan fingerprint density at radius 1 is 1.26 bits per heavy atom. The van der Waals surface area contributed by atoms with Gasteiger partial charge in [0, 0.05) is 22.6 Å². The van der Waals surface area contributed by atoms with E-state index in [1.165, 1.54) is 12.8 Å². The zero-order valence-electron chi connectivity index (χ0n) is 10.1. The maximum atomic E-state index is 6.09. The highest BCUT2D eigenvalue weighted by Crippen LogP contribution is 2.39. The van der Waals surface area contributed by atoms with Gasteiger partial charge in [0.05, 0.1) is 0 Å². The Labute approximate surface area is 125 Å². The summed E-state index contributed by atoms with van der Waals surface area (Å²) in [4.78, 5) is 8.80. The Morgan fingerprint density at radius 2 is 2.05 bits per heavy atom. The van der Waals surface area contributed by atoms with E-state index >= 15 is 0 Å². The van der Waals surface area contributed by atoms with Crippen LogP contribution in [-0.2, 0) is 6.61 Å². The smallest absolute Gasteiger partial charge is 0.218 e. The second-order valence-corrected chi connectivity index (χ2v) is 5.76. The molecule has 2 aromatic rings. The second-order valence-electron chi connectivity index (χ2n) is 4.54. The van der Waals surface area contributed by atoms with Crippen molar-refractivity contribution in [2.45, 2.75) is 25.4 Å². The minimum absolute atomic E-state index is 0.410. The lowest BCUT2D eigenvalue weighted by atomic mass is 10.2. The first-order chi connectivity index (χ1) is 9.22. The monoisotopic (exact) mass is 338 g/mol. The van der Waals surface area contributed by atoms with Gasteiger partial charge in [-0.25, -0.2) is 4.98 Å². The van der Waals surface area contributed by atoms with E-state index in [0.29, 0.717) is 23.4 Å². The standard InChI is InChI=1S/C14H12BrClN2O/c15-12-7-13(18-14(17-12)9-5-6-9)19-8-10-3-1-2-4-11(10)16/h1-4,7,9H,5-6,8H2. The maximum absolute atomic E-state index is 6.09. The molecule has 3 rings (SSSR count). The summed E-state index contributed by atoms with van der Waals surface area (Å²) in [5.74, 6) is 1.95. The lowest BCUT2D eigenvalue weighted by molar-refractivity contribution is 0.292. The molecule has 0 spiro atoms. The number of aromatic nitrogens is 2. The van der Waals surface area contributed by atoms with E-state index in [-0.39, 0.29) is 0 Å². The van der Waals surface area contributed by atoms with Crippen molar-refractivity contribution in [1.29, 1.82) is 0 Å². The molecule has 19 heavy (non-hydrogen) atoms. The number of halogens is 2. The van der Waals surface area contributed by atoms with Crippen molar-refractivity contribution in [2.75, 3.05) is 0 Å². The average Bonchev–Trinajstić information content (AvgIpc) is 3.21. The van der Waals surface area contributed by atoms with Crippen molar-refractivity contribution in [3.63, 3.8) is 0 Å². The third-order valence-corrected chi connectivity index (χ3v) is 3.74. The molecule has 0 aliphatic heterocycles. The van der Waals surface area contributed by atoms with Crippen LogP contribution in [0.1, 0.15) is 30.1 Å². The summed E-state index contributed by atoms with van der Waals surface area (Å²) in [6.07, 6.45) is 2.33. The van der Waals surface area contributed by atoms with Crippen molar-refractivity contribution >= 4 is 27.5 Å². The molecule has 0 unspecified atom stereocenters. The predicted molar refractivity (Wildman–Crippen MR) is 77.5 cm³/mol. The lowest BCUT2D eigenvalue weighted by Crippen LogP contribution is -2.01. The molecule has 1 fully saturated rings. The van der Waals surface area contributed by atoms with Crippen molar-refractivity contribution < 1.29 is 4.74 Å². The highest BCUT2D eigenvalue weighted by atomic mass is 79.9. The summed E-state index contributed by atoms with van der Waals surface area (Å²) in [6.45, 7) is 0.410. The van der Waals surface area contributed by atoms with Crippen LogP contribution in [0.2, 0.25) is 5.02 Å². The highest BCUT2D eigenvalue weighted by molar-refractivity contribution is 9.10. The first kappa shape index (κ1) is 12.9. The fraction of sp³-hybridized carbons (Fsp3) is 0.286. The minimum Gasteiger partial charge on any atom is -0.473 e. The Balaban J connectivity index is 1.74. The molecule has 1 aliphatic rings. The first-order valence-corrected chi connectivity index (χ1v) is 7.30. The van der Waals surface area contributed by atoms with Crippen LogP contribution in [0, 0.1) is 0 Å². The van der Waals surface area contributed by atoms with Crippen molar-refractivity contribution in [1.82, 2.24) is 9.97 Å². The molecule has 3 nitrogen and oxygen atoms in total. The molecule has 1 saturated carbocycles. The van der Waals surface area contributed by atoms with Gasteiger partial charge in [0.2, 0.25) is 5.88 Å². The lowest BCUT2D eigenvalue weighted by Gasteiger charge is -2.08. The molecule has 0 atom stereocenters. The largest absolute Gasteiger partial charge is 0.473 e. The van der Waals surface area contributed by atoms with Gasteiger partial charge < -0.3 is 4.74 Å². The third-order valence-electron chi connectivity index (χ3n) is 2.96. The predicted octanol–water partition coefficient (Wildman–Crippen LogP) is 4.35. The van der Waals surface area contributed by atoms with Crippen LogP contribution < -0.4 is 4.74 Å². The molecular weight excluding hydrogens is 328 g/mol. The SMILES string of the molecule is Clc1ccccc1COc1cc(Br)nc(C2CC2)n1. The zero-order valence-corrected chi connectivity index (χ0v) is 12.5. The van der Waals surface area contributed by atoms with E-state index in [4.69, 9.17) is 16.3 Å². The topological polar surface area (TPSA) is 35.0 Å². The molecule has 1 aromatic carbocycles. The maximum Gasteiger partial charge on any atom is 0.218 e. The van der Waals surface area contributed by atoms with Gasteiger partial charge in [0.25, 0.3) is 0 Å². The summed E-state index contributed by atoms with van der Waals surface area (Å²) in [5, 5.41) is 0.707. The van der Waals surface area contributed by atoms with Gasteiger partial charge in [-0.15, -0.1) is 0 Å². The number of rotatable bonds is 4. The zero-order chi connectivity index (χ0) is 13.2. The van der Waals surface area contributed by atoms with Crippen LogP contribution in [0.25, 0.3) is 0 Å². The van der Waals surface area contributed by atoms with Crippen LogP contribution in [0.3, 0.4) is 0 Å². The average molecular weight is 340 g/mol. The van der Waals surface area contributed by atoms with E-state index in [0.717, 1.165) is 16.0 Å². The Hall–Kier alpha value is -1.13. The summed E-state index contributed by atoms with van der Waals surface area (Å²) < 4.78 is 6.47. The highest BCUT2D eigenvalue weighted by Gasteiger charge is 2.27. The molecule has 0 N–H and O–H groups in total. The van der Waals surface area contributed by atoms with Gasteiger partial charge in [0.1, 0.15) is 17.0 Å². The molecule has 1 aromatic heterocycles. The summed E-state index contributed by atoms with van der Waals surface area (Å²) >= 11 is 9.48. The van der Waals surface area contributed by atoms with Gasteiger partial charge in [-0.3, -0.25) is 0 Å². The Morgan fingerprint density at radius 3 is 2.79 bits per heavy atom. The number of nitrogens with zero attached hydrogens (tertiary/aromatic N) is 2. The fourth-order valence-corrected chi connectivity index (χ4v) is 2.35.